The van der Waals surface area contributed by atoms with Gasteiger partial charge in [0.05, 0.1) is 12.3 Å². The minimum Gasteiger partial charge on any atom is -0.301 e. The van der Waals surface area contributed by atoms with Crippen molar-refractivity contribution < 1.29 is 4.79 Å². The zero-order chi connectivity index (χ0) is 18.8. The minimum atomic E-state index is 0.142. The number of ketones is 1. The highest BCUT2D eigenvalue weighted by atomic mass is 32.2. The van der Waals surface area contributed by atoms with Crippen LogP contribution in [0, 0.1) is 13.8 Å². The molecule has 4 rings (SSSR count). The van der Waals surface area contributed by atoms with Crippen LogP contribution in [0.15, 0.2) is 53.7 Å². The lowest BCUT2D eigenvalue weighted by Crippen LogP contribution is -2.09. The van der Waals surface area contributed by atoms with Gasteiger partial charge in [-0.25, -0.2) is 0 Å². The summed E-state index contributed by atoms with van der Waals surface area (Å²) in [7, 11) is 0. The Morgan fingerprint density at radius 3 is 2.63 bits per heavy atom. The Morgan fingerprint density at radius 2 is 1.89 bits per heavy atom. The van der Waals surface area contributed by atoms with E-state index in [-0.39, 0.29) is 5.78 Å². The fraction of sp³-hybridized carbons (Fsp3) is 0.318. The summed E-state index contributed by atoms with van der Waals surface area (Å²) in [6, 6.07) is 16.4. The van der Waals surface area contributed by atoms with E-state index in [9.17, 15) is 4.79 Å². The Bertz CT molecular complexity index is 961. The fourth-order valence-electron chi connectivity index (χ4n) is 3.21. The first-order valence-electron chi connectivity index (χ1n) is 9.32. The molecular formula is C22H23N3OS. The van der Waals surface area contributed by atoms with Gasteiger partial charge in [-0.1, -0.05) is 59.8 Å². The van der Waals surface area contributed by atoms with Gasteiger partial charge in [-0.05, 0) is 43.9 Å². The predicted octanol–water partition coefficient (Wildman–Crippen LogP) is 4.80. The van der Waals surface area contributed by atoms with E-state index in [2.05, 4.69) is 26.9 Å². The second kappa shape index (κ2) is 7.69. The molecular weight excluding hydrogens is 354 g/mol. The van der Waals surface area contributed by atoms with Crippen LogP contribution in [0.3, 0.4) is 0 Å². The van der Waals surface area contributed by atoms with E-state index in [1.807, 2.05) is 50.2 Å². The lowest BCUT2D eigenvalue weighted by Gasteiger charge is -2.10. The molecule has 0 N–H and O–H groups in total. The van der Waals surface area contributed by atoms with Gasteiger partial charge in [-0.3, -0.25) is 4.79 Å². The van der Waals surface area contributed by atoms with E-state index in [0.717, 1.165) is 34.2 Å². The molecule has 0 radical (unpaired) electrons. The first-order valence-corrected chi connectivity index (χ1v) is 10.3. The van der Waals surface area contributed by atoms with Gasteiger partial charge in [0.1, 0.15) is 5.82 Å². The number of aryl methyl sites for hydroxylation is 2. The van der Waals surface area contributed by atoms with Crippen LogP contribution in [-0.4, -0.2) is 26.3 Å². The van der Waals surface area contributed by atoms with Gasteiger partial charge in [-0.15, -0.1) is 10.2 Å². The SMILES string of the molecule is Cc1ccc(C)c(C(=O)CSc2nnc(C3CC3)n2Cc2ccccc2)c1. The van der Waals surface area contributed by atoms with Gasteiger partial charge < -0.3 is 4.57 Å². The van der Waals surface area contributed by atoms with Crippen LogP contribution in [0.5, 0.6) is 0 Å². The van der Waals surface area contributed by atoms with E-state index in [1.165, 1.54) is 30.2 Å². The standard InChI is InChI=1S/C22H23N3OS/c1-15-8-9-16(2)19(12-15)20(26)14-27-22-24-23-21(18-10-11-18)25(22)13-17-6-4-3-5-7-17/h3-9,12,18H,10-11,13-14H2,1-2H3. The Balaban J connectivity index is 1.53. The van der Waals surface area contributed by atoms with Gasteiger partial charge in [0.2, 0.25) is 0 Å². The highest BCUT2D eigenvalue weighted by Gasteiger charge is 2.30. The summed E-state index contributed by atoms with van der Waals surface area (Å²) in [4.78, 5) is 12.7. The van der Waals surface area contributed by atoms with Crippen molar-refractivity contribution in [2.75, 3.05) is 5.75 Å². The van der Waals surface area contributed by atoms with Crippen molar-refractivity contribution in [1.82, 2.24) is 14.8 Å². The average molecular weight is 378 g/mol. The Morgan fingerprint density at radius 1 is 1.11 bits per heavy atom. The van der Waals surface area contributed by atoms with Crippen LogP contribution in [0.2, 0.25) is 0 Å². The van der Waals surface area contributed by atoms with E-state index in [4.69, 9.17) is 0 Å². The maximum absolute atomic E-state index is 12.7. The molecule has 138 valence electrons. The molecule has 0 amide bonds. The number of nitrogens with zero attached hydrogens (tertiary/aromatic N) is 3. The van der Waals surface area contributed by atoms with Crippen molar-refractivity contribution in [1.29, 1.82) is 0 Å². The molecule has 0 bridgehead atoms. The molecule has 1 saturated carbocycles. The van der Waals surface area contributed by atoms with Crippen molar-refractivity contribution in [3.8, 4) is 0 Å². The second-order valence-corrected chi connectivity index (χ2v) is 8.16. The van der Waals surface area contributed by atoms with E-state index in [1.54, 1.807) is 0 Å². The summed E-state index contributed by atoms with van der Waals surface area (Å²) in [5, 5.41) is 9.67. The quantitative estimate of drug-likeness (QED) is 0.438. The summed E-state index contributed by atoms with van der Waals surface area (Å²) in [6.45, 7) is 4.75. The van der Waals surface area contributed by atoms with E-state index in [0.29, 0.717) is 11.7 Å². The van der Waals surface area contributed by atoms with Gasteiger partial charge >= 0.3 is 0 Å². The van der Waals surface area contributed by atoms with Crippen molar-refractivity contribution in [2.45, 2.75) is 44.3 Å². The number of rotatable bonds is 7. The topological polar surface area (TPSA) is 47.8 Å². The summed E-state index contributed by atoms with van der Waals surface area (Å²) in [6.07, 6.45) is 2.36. The van der Waals surface area contributed by atoms with Crippen LogP contribution in [-0.2, 0) is 6.54 Å². The van der Waals surface area contributed by atoms with E-state index < -0.39 is 0 Å². The Kier molecular flexibility index (Phi) is 5.12. The number of hydrogen-bond donors (Lipinski definition) is 0. The summed E-state index contributed by atoms with van der Waals surface area (Å²) in [5.41, 5.74) is 4.16. The third-order valence-corrected chi connectivity index (χ3v) is 5.86. The average Bonchev–Trinajstić information content (AvgIpc) is 3.45. The zero-order valence-corrected chi connectivity index (χ0v) is 16.5. The number of thioether (sulfide) groups is 1. The molecule has 0 aliphatic heterocycles. The normalized spacial score (nSPS) is 13.7. The first kappa shape index (κ1) is 18.0. The number of aromatic nitrogens is 3. The molecule has 0 atom stereocenters. The van der Waals surface area contributed by atoms with Gasteiger partial charge in [0.15, 0.2) is 10.9 Å². The lowest BCUT2D eigenvalue weighted by molar-refractivity contribution is 0.102. The fourth-order valence-corrected chi connectivity index (χ4v) is 4.04. The monoisotopic (exact) mass is 377 g/mol. The minimum absolute atomic E-state index is 0.142. The molecule has 27 heavy (non-hydrogen) atoms. The molecule has 1 aromatic heterocycles. The van der Waals surface area contributed by atoms with E-state index >= 15 is 0 Å². The lowest BCUT2D eigenvalue weighted by atomic mass is 10.0. The smallest absolute Gasteiger partial charge is 0.191 e. The number of benzene rings is 2. The van der Waals surface area contributed by atoms with Crippen molar-refractivity contribution in [2.24, 2.45) is 0 Å². The summed E-state index contributed by atoms with van der Waals surface area (Å²) >= 11 is 1.49. The Labute approximate surface area is 164 Å². The summed E-state index contributed by atoms with van der Waals surface area (Å²) in [5.74, 6) is 2.09. The van der Waals surface area contributed by atoms with Gasteiger partial charge in [0.25, 0.3) is 0 Å². The maximum atomic E-state index is 12.7. The predicted molar refractivity (Wildman–Crippen MR) is 109 cm³/mol. The molecule has 0 saturated heterocycles. The highest BCUT2D eigenvalue weighted by Crippen LogP contribution is 2.40. The highest BCUT2D eigenvalue weighted by molar-refractivity contribution is 7.99. The van der Waals surface area contributed by atoms with Gasteiger partial charge in [0, 0.05) is 11.5 Å². The third kappa shape index (κ3) is 4.14. The molecule has 1 aliphatic carbocycles. The van der Waals surface area contributed by atoms with Crippen LogP contribution in [0.4, 0.5) is 0 Å². The Hall–Kier alpha value is -2.40. The number of carbonyl (C=O) groups is 1. The number of carbonyl (C=O) groups excluding carboxylic acids is 1. The molecule has 0 spiro atoms. The number of Topliss-reactive ketones (excluding diaryl/α,β-unsaturated/α-hetero) is 1. The van der Waals surface area contributed by atoms with Crippen LogP contribution < -0.4 is 0 Å². The number of hydrogen-bond acceptors (Lipinski definition) is 4. The van der Waals surface area contributed by atoms with Crippen LogP contribution in [0.1, 0.15) is 51.6 Å². The molecule has 5 heteroatoms. The molecule has 1 fully saturated rings. The van der Waals surface area contributed by atoms with Crippen molar-refractivity contribution in [3.05, 3.63) is 76.6 Å². The van der Waals surface area contributed by atoms with Gasteiger partial charge in [-0.2, -0.15) is 0 Å². The van der Waals surface area contributed by atoms with Crippen LogP contribution in [0.25, 0.3) is 0 Å². The molecule has 0 unspecified atom stereocenters. The molecule has 1 heterocycles. The second-order valence-electron chi connectivity index (χ2n) is 7.22. The molecule has 1 aliphatic rings. The molecule has 2 aromatic carbocycles. The maximum Gasteiger partial charge on any atom is 0.191 e. The first-order chi connectivity index (χ1) is 13.1. The summed E-state index contributed by atoms with van der Waals surface area (Å²) < 4.78 is 2.19. The third-order valence-electron chi connectivity index (χ3n) is 4.90. The van der Waals surface area contributed by atoms with Crippen LogP contribution >= 0.6 is 11.8 Å². The zero-order valence-electron chi connectivity index (χ0n) is 15.7. The molecule has 3 aromatic rings. The van der Waals surface area contributed by atoms with Crippen molar-refractivity contribution in [3.63, 3.8) is 0 Å². The molecule has 4 nitrogen and oxygen atoms in total. The largest absolute Gasteiger partial charge is 0.301 e. The van der Waals surface area contributed by atoms with Crippen molar-refractivity contribution >= 4 is 17.5 Å².